The average Bonchev–Trinajstić information content (AvgIpc) is 2.84. The van der Waals surface area contributed by atoms with Crippen molar-refractivity contribution in [3.05, 3.63) is 58.6 Å². The first kappa shape index (κ1) is 24.3. The number of unbranched alkanes of at least 4 members (excludes halogenated alkanes) is 1. The van der Waals surface area contributed by atoms with Crippen LogP contribution in [-0.4, -0.2) is 68.3 Å². The van der Waals surface area contributed by atoms with Crippen molar-refractivity contribution in [2.75, 3.05) is 57.4 Å². The van der Waals surface area contributed by atoms with Crippen LogP contribution in [-0.2, 0) is 9.53 Å². The van der Waals surface area contributed by atoms with Crippen molar-refractivity contribution in [1.82, 2.24) is 4.90 Å². The topological polar surface area (TPSA) is 94.4 Å². The molecule has 1 saturated heterocycles. The first-order chi connectivity index (χ1) is 16.1. The predicted molar refractivity (Wildman–Crippen MR) is 125 cm³/mol. The minimum atomic E-state index is -0.575. The van der Waals surface area contributed by atoms with E-state index in [1.165, 1.54) is 17.8 Å². The smallest absolute Gasteiger partial charge is 0.344 e. The maximum Gasteiger partial charge on any atom is 0.344 e. The number of nitro benzene ring substituents is 1. The molecule has 0 spiro atoms. The number of rotatable bonds is 12. The van der Waals surface area contributed by atoms with Gasteiger partial charge in [0.1, 0.15) is 5.75 Å². The molecule has 0 unspecified atom stereocenters. The Balaban J connectivity index is 1.37. The molecule has 0 radical (unpaired) electrons. The molecule has 1 heterocycles. The van der Waals surface area contributed by atoms with Crippen LogP contribution in [0.2, 0.25) is 0 Å². The number of anilines is 1. The monoisotopic (exact) mass is 457 g/mol. The number of benzene rings is 2. The SMILES string of the molecule is CCOC(=O)COc1ccc(OCCCCN2CCN(c3ccccc3)CC2)cc1[N+](=O)[O-]. The van der Waals surface area contributed by atoms with E-state index in [2.05, 4.69) is 34.1 Å². The summed E-state index contributed by atoms with van der Waals surface area (Å²) >= 11 is 0. The van der Waals surface area contributed by atoms with E-state index in [0.717, 1.165) is 45.6 Å². The highest BCUT2D eigenvalue weighted by molar-refractivity contribution is 5.71. The predicted octanol–water partition coefficient (Wildman–Crippen LogP) is 3.52. The maximum absolute atomic E-state index is 11.4. The second-order valence-electron chi connectivity index (χ2n) is 7.70. The number of ether oxygens (including phenoxy) is 3. The van der Waals surface area contributed by atoms with E-state index in [1.54, 1.807) is 13.0 Å². The van der Waals surface area contributed by atoms with Crippen LogP contribution in [0.1, 0.15) is 19.8 Å². The Morgan fingerprint density at radius 1 is 1.03 bits per heavy atom. The Morgan fingerprint density at radius 3 is 2.48 bits per heavy atom. The molecular weight excluding hydrogens is 426 g/mol. The molecule has 2 aromatic carbocycles. The van der Waals surface area contributed by atoms with Crippen LogP contribution < -0.4 is 14.4 Å². The number of nitrogens with zero attached hydrogens (tertiary/aromatic N) is 3. The van der Waals surface area contributed by atoms with Crippen LogP contribution in [0.25, 0.3) is 0 Å². The Bertz CT molecular complexity index is 900. The number of nitro groups is 1. The average molecular weight is 458 g/mol. The second-order valence-corrected chi connectivity index (χ2v) is 7.70. The molecule has 1 aliphatic heterocycles. The second kappa shape index (κ2) is 12.6. The summed E-state index contributed by atoms with van der Waals surface area (Å²) in [6.07, 6.45) is 1.85. The van der Waals surface area contributed by atoms with Gasteiger partial charge in [-0.25, -0.2) is 4.79 Å². The van der Waals surface area contributed by atoms with Gasteiger partial charge in [0.05, 0.1) is 24.2 Å². The van der Waals surface area contributed by atoms with Crippen LogP contribution in [0.15, 0.2) is 48.5 Å². The van der Waals surface area contributed by atoms with Crippen LogP contribution in [0.3, 0.4) is 0 Å². The summed E-state index contributed by atoms with van der Waals surface area (Å²) in [5, 5.41) is 11.4. The van der Waals surface area contributed by atoms with Crippen molar-refractivity contribution in [3.8, 4) is 11.5 Å². The highest BCUT2D eigenvalue weighted by atomic mass is 16.6. The quantitative estimate of drug-likeness (QED) is 0.207. The Labute approximate surface area is 194 Å². The Kier molecular flexibility index (Phi) is 9.31. The van der Waals surface area contributed by atoms with Gasteiger partial charge in [0.15, 0.2) is 12.4 Å². The third-order valence-corrected chi connectivity index (χ3v) is 5.41. The van der Waals surface area contributed by atoms with E-state index >= 15 is 0 Å². The zero-order chi connectivity index (χ0) is 23.5. The van der Waals surface area contributed by atoms with Crippen molar-refractivity contribution in [2.24, 2.45) is 0 Å². The fourth-order valence-electron chi connectivity index (χ4n) is 3.69. The van der Waals surface area contributed by atoms with E-state index in [1.807, 2.05) is 6.07 Å². The minimum Gasteiger partial charge on any atom is -0.493 e. The minimum absolute atomic E-state index is 0.00930. The molecule has 1 fully saturated rings. The molecule has 3 rings (SSSR count). The number of carbonyl (C=O) groups excluding carboxylic acids is 1. The first-order valence-corrected chi connectivity index (χ1v) is 11.3. The summed E-state index contributed by atoms with van der Waals surface area (Å²) in [5.41, 5.74) is 1.03. The van der Waals surface area contributed by atoms with Gasteiger partial charge in [-0.3, -0.25) is 15.0 Å². The molecule has 0 aromatic heterocycles. The lowest BCUT2D eigenvalue weighted by Gasteiger charge is -2.36. The van der Waals surface area contributed by atoms with E-state index in [4.69, 9.17) is 14.2 Å². The Morgan fingerprint density at radius 2 is 1.79 bits per heavy atom. The van der Waals surface area contributed by atoms with Crippen LogP contribution in [0, 0.1) is 10.1 Å². The molecule has 0 atom stereocenters. The number of para-hydroxylation sites is 1. The van der Waals surface area contributed by atoms with Crippen molar-refractivity contribution in [1.29, 1.82) is 0 Å². The third-order valence-electron chi connectivity index (χ3n) is 5.41. The van der Waals surface area contributed by atoms with Gasteiger partial charge >= 0.3 is 11.7 Å². The summed E-state index contributed by atoms with van der Waals surface area (Å²) in [4.78, 5) is 27.1. The molecule has 0 amide bonds. The summed E-state index contributed by atoms with van der Waals surface area (Å²) in [7, 11) is 0. The molecule has 9 heteroatoms. The number of esters is 1. The molecule has 33 heavy (non-hydrogen) atoms. The van der Waals surface area contributed by atoms with Crippen molar-refractivity contribution < 1.29 is 23.9 Å². The third kappa shape index (κ3) is 7.64. The van der Waals surface area contributed by atoms with Crippen molar-refractivity contribution in [3.63, 3.8) is 0 Å². The first-order valence-electron chi connectivity index (χ1n) is 11.3. The van der Waals surface area contributed by atoms with Gasteiger partial charge in [0, 0.05) is 31.9 Å². The van der Waals surface area contributed by atoms with Gasteiger partial charge in [-0.1, -0.05) is 18.2 Å². The van der Waals surface area contributed by atoms with Gasteiger partial charge in [0.2, 0.25) is 0 Å². The molecule has 2 aromatic rings. The van der Waals surface area contributed by atoms with Gasteiger partial charge in [-0.2, -0.15) is 0 Å². The Hall–Kier alpha value is -3.33. The van der Waals surface area contributed by atoms with E-state index < -0.39 is 10.9 Å². The van der Waals surface area contributed by atoms with Crippen LogP contribution in [0.4, 0.5) is 11.4 Å². The zero-order valence-electron chi connectivity index (χ0n) is 19.0. The molecule has 0 bridgehead atoms. The summed E-state index contributed by atoms with van der Waals surface area (Å²) < 4.78 is 15.7. The summed E-state index contributed by atoms with van der Waals surface area (Å²) in [6.45, 7) is 7.12. The fraction of sp³-hybridized carbons (Fsp3) is 0.458. The number of hydrogen-bond acceptors (Lipinski definition) is 8. The molecule has 0 aliphatic carbocycles. The molecular formula is C24H31N3O6. The van der Waals surface area contributed by atoms with Gasteiger partial charge in [0.25, 0.3) is 0 Å². The van der Waals surface area contributed by atoms with Gasteiger partial charge in [-0.05, 0) is 50.6 Å². The van der Waals surface area contributed by atoms with Gasteiger partial charge < -0.3 is 19.1 Å². The highest BCUT2D eigenvalue weighted by Gasteiger charge is 2.19. The molecule has 1 aliphatic rings. The van der Waals surface area contributed by atoms with Crippen molar-refractivity contribution >= 4 is 17.3 Å². The lowest BCUT2D eigenvalue weighted by atomic mass is 10.2. The molecule has 9 nitrogen and oxygen atoms in total. The largest absolute Gasteiger partial charge is 0.493 e. The number of hydrogen-bond donors (Lipinski definition) is 0. The van der Waals surface area contributed by atoms with Gasteiger partial charge in [-0.15, -0.1) is 0 Å². The maximum atomic E-state index is 11.4. The van der Waals surface area contributed by atoms with Crippen molar-refractivity contribution in [2.45, 2.75) is 19.8 Å². The molecule has 0 N–H and O–H groups in total. The molecule has 0 saturated carbocycles. The number of carbonyl (C=O) groups is 1. The van der Waals surface area contributed by atoms with Crippen LogP contribution >= 0.6 is 0 Å². The molecule has 178 valence electrons. The highest BCUT2D eigenvalue weighted by Crippen LogP contribution is 2.31. The van der Waals surface area contributed by atoms with Crippen LogP contribution in [0.5, 0.6) is 11.5 Å². The van der Waals surface area contributed by atoms with E-state index in [0.29, 0.717) is 12.4 Å². The normalized spacial score (nSPS) is 14.0. The van der Waals surface area contributed by atoms with E-state index in [-0.39, 0.29) is 24.7 Å². The summed E-state index contributed by atoms with van der Waals surface area (Å²) in [6, 6.07) is 14.8. The summed E-state index contributed by atoms with van der Waals surface area (Å²) in [5.74, 6) is -0.162. The zero-order valence-corrected chi connectivity index (χ0v) is 19.0. The van der Waals surface area contributed by atoms with E-state index in [9.17, 15) is 14.9 Å². The lowest BCUT2D eigenvalue weighted by molar-refractivity contribution is -0.385. The number of piperazine rings is 1. The lowest BCUT2D eigenvalue weighted by Crippen LogP contribution is -2.46. The standard InChI is InChI=1S/C24H31N3O6/c1-2-31-24(28)19-33-23-11-10-21(18-22(23)27(29)30)32-17-7-6-12-25-13-15-26(16-14-25)20-8-4-3-5-9-20/h3-5,8-11,18H,2,6-7,12-17,19H2,1H3. The fourth-order valence-corrected chi connectivity index (χ4v) is 3.69.